The standard InChI is InChI=1S/C11H13NS/c1-8(2)11-12(3)9-6-4-5-7-10(9)13-11/h4-7H,1-3H3. The van der Waals surface area contributed by atoms with Gasteiger partial charge in [-0.25, -0.2) is 0 Å². The van der Waals surface area contributed by atoms with Gasteiger partial charge < -0.3 is 4.90 Å². The minimum absolute atomic E-state index is 1.32. The molecule has 0 radical (unpaired) electrons. The summed E-state index contributed by atoms with van der Waals surface area (Å²) in [4.78, 5) is 3.62. The maximum absolute atomic E-state index is 2.26. The Kier molecular flexibility index (Phi) is 2.08. The van der Waals surface area contributed by atoms with Gasteiger partial charge in [-0.3, -0.25) is 0 Å². The molecule has 0 bridgehead atoms. The lowest BCUT2D eigenvalue weighted by atomic mass is 10.3. The first-order valence-corrected chi connectivity index (χ1v) is 5.20. The summed E-state index contributed by atoms with van der Waals surface area (Å²) in [5.74, 6) is 0. The van der Waals surface area contributed by atoms with Crippen LogP contribution in [0, 0.1) is 0 Å². The molecule has 2 rings (SSSR count). The van der Waals surface area contributed by atoms with Crippen LogP contribution in [0.3, 0.4) is 0 Å². The first kappa shape index (κ1) is 8.70. The average molecular weight is 191 g/mol. The molecule has 0 unspecified atom stereocenters. The van der Waals surface area contributed by atoms with E-state index < -0.39 is 0 Å². The number of benzene rings is 1. The molecule has 1 aliphatic rings. The highest BCUT2D eigenvalue weighted by atomic mass is 32.2. The van der Waals surface area contributed by atoms with Crippen LogP contribution >= 0.6 is 11.8 Å². The number of thioether (sulfide) groups is 1. The summed E-state index contributed by atoms with van der Waals surface area (Å²) in [6.07, 6.45) is 0. The van der Waals surface area contributed by atoms with Crippen LogP contribution in [0.5, 0.6) is 0 Å². The van der Waals surface area contributed by atoms with E-state index >= 15 is 0 Å². The summed E-state index contributed by atoms with van der Waals surface area (Å²) in [6, 6.07) is 8.52. The molecule has 0 amide bonds. The van der Waals surface area contributed by atoms with Crippen molar-refractivity contribution in [3.8, 4) is 0 Å². The molecule has 0 saturated carbocycles. The molecule has 1 aromatic carbocycles. The second-order valence-electron chi connectivity index (χ2n) is 3.43. The second-order valence-corrected chi connectivity index (χ2v) is 4.46. The monoisotopic (exact) mass is 191 g/mol. The molecule has 0 atom stereocenters. The maximum Gasteiger partial charge on any atom is 0.0785 e. The van der Waals surface area contributed by atoms with Gasteiger partial charge in [-0.05, 0) is 31.6 Å². The van der Waals surface area contributed by atoms with E-state index in [-0.39, 0.29) is 0 Å². The fraction of sp³-hybridized carbons (Fsp3) is 0.273. The van der Waals surface area contributed by atoms with Crippen molar-refractivity contribution in [2.75, 3.05) is 11.9 Å². The van der Waals surface area contributed by atoms with E-state index in [0.717, 1.165) is 0 Å². The van der Waals surface area contributed by atoms with Gasteiger partial charge in [0, 0.05) is 11.9 Å². The third-order valence-electron chi connectivity index (χ3n) is 2.17. The molecule has 1 aliphatic heterocycles. The zero-order valence-electron chi connectivity index (χ0n) is 8.16. The van der Waals surface area contributed by atoms with Crippen LogP contribution in [0.15, 0.2) is 39.8 Å². The minimum atomic E-state index is 1.32. The summed E-state index contributed by atoms with van der Waals surface area (Å²) in [7, 11) is 2.13. The smallest absolute Gasteiger partial charge is 0.0785 e. The van der Waals surface area contributed by atoms with E-state index in [1.165, 1.54) is 21.2 Å². The molecule has 1 aromatic rings. The third kappa shape index (κ3) is 1.35. The molecule has 1 heterocycles. The Bertz CT molecular complexity index is 364. The second kappa shape index (κ2) is 3.11. The van der Waals surface area contributed by atoms with Crippen molar-refractivity contribution in [2.24, 2.45) is 0 Å². The van der Waals surface area contributed by atoms with E-state index in [1.54, 1.807) is 0 Å². The third-order valence-corrected chi connectivity index (χ3v) is 3.61. The number of nitrogens with zero attached hydrogens (tertiary/aromatic N) is 1. The average Bonchev–Trinajstić information content (AvgIpc) is 2.45. The fourth-order valence-electron chi connectivity index (χ4n) is 1.54. The highest BCUT2D eigenvalue weighted by Crippen LogP contribution is 2.45. The highest BCUT2D eigenvalue weighted by molar-refractivity contribution is 8.03. The van der Waals surface area contributed by atoms with E-state index in [9.17, 15) is 0 Å². The lowest BCUT2D eigenvalue weighted by molar-refractivity contribution is 1.14. The molecule has 1 nitrogen and oxygen atoms in total. The normalized spacial score (nSPS) is 14.7. The molecule has 0 aliphatic carbocycles. The molecule has 0 fully saturated rings. The van der Waals surface area contributed by atoms with Crippen LogP contribution in [0.1, 0.15) is 13.8 Å². The Morgan fingerprint density at radius 1 is 1.23 bits per heavy atom. The van der Waals surface area contributed by atoms with Gasteiger partial charge in [0.15, 0.2) is 0 Å². The predicted molar refractivity (Wildman–Crippen MR) is 59.1 cm³/mol. The van der Waals surface area contributed by atoms with Crippen LogP contribution in [-0.2, 0) is 0 Å². The van der Waals surface area contributed by atoms with Gasteiger partial charge in [0.25, 0.3) is 0 Å². The number of allylic oxidation sites excluding steroid dienone is 1. The minimum Gasteiger partial charge on any atom is -0.338 e. The van der Waals surface area contributed by atoms with E-state index in [1.807, 2.05) is 11.8 Å². The van der Waals surface area contributed by atoms with Gasteiger partial charge in [-0.1, -0.05) is 23.9 Å². The molecule has 0 spiro atoms. The number of fused-ring (bicyclic) bond motifs is 1. The number of hydrogen-bond acceptors (Lipinski definition) is 2. The maximum atomic E-state index is 2.26. The van der Waals surface area contributed by atoms with Crippen LogP contribution in [0.4, 0.5) is 5.69 Å². The zero-order valence-corrected chi connectivity index (χ0v) is 8.98. The Morgan fingerprint density at radius 3 is 2.54 bits per heavy atom. The van der Waals surface area contributed by atoms with Crippen LogP contribution in [0.25, 0.3) is 0 Å². The molecule has 0 saturated heterocycles. The van der Waals surface area contributed by atoms with Gasteiger partial charge in [-0.15, -0.1) is 0 Å². The Labute approximate surface area is 83.4 Å². The Hall–Kier alpha value is -0.890. The summed E-state index contributed by atoms with van der Waals surface area (Å²) in [5.41, 5.74) is 2.70. The lowest BCUT2D eigenvalue weighted by Gasteiger charge is -2.14. The lowest BCUT2D eigenvalue weighted by Crippen LogP contribution is -2.10. The van der Waals surface area contributed by atoms with Gasteiger partial charge in [0.2, 0.25) is 0 Å². The van der Waals surface area contributed by atoms with Crippen molar-refractivity contribution in [3.05, 3.63) is 34.9 Å². The highest BCUT2D eigenvalue weighted by Gasteiger charge is 2.21. The summed E-state index contributed by atoms with van der Waals surface area (Å²) in [6.45, 7) is 4.31. The van der Waals surface area contributed by atoms with Crippen LogP contribution < -0.4 is 4.90 Å². The molecule has 68 valence electrons. The van der Waals surface area contributed by atoms with Gasteiger partial charge in [0.05, 0.1) is 10.7 Å². The van der Waals surface area contributed by atoms with Crippen molar-refractivity contribution in [3.63, 3.8) is 0 Å². The van der Waals surface area contributed by atoms with Gasteiger partial charge in [-0.2, -0.15) is 0 Å². The van der Waals surface area contributed by atoms with E-state index in [4.69, 9.17) is 0 Å². The van der Waals surface area contributed by atoms with Crippen molar-refractivity contribution < 1.29 is 0 Å². The quantitative estimate of drug-likeness (QED) is 0.617. The molecule has 2 heteroatoms. The molecule has 0 aromatic heterocycles. The SMILES string of the molecule is CC(C)=C1Sc2ccccc2N1C. The van der Waals surface area contributed by atoms with Crippen molar-refractivity contribution >= 4 is 17.4 Å². The fourth-order valence-corrected chi connectivity index (χ4v) is 2.64. The summed E-state index contributed by atoms with van der Waals surface area (Å²) >= 11 is 1.86. The van der Waals surface area contributed by atoms with Crippen molar-refractivity contribution in [1.82, 2.24) is 0 Å². The summed E-state index contributed by atoms with van der Waals surface area (Å²) in [5, 5.41) is 1.36. The van der Waals surface area contributed by atoms with Crippen LogP contribution in [0.2, 0.25) is 0 Å². The molecular weight excluding hydrogens is 178 g/mol. The number of anilines is 1. The first-order chi connectivity index (χ1) is 6.20. The first-order valence-electron chi connectivity index (χ1n) is 4.38. The number of hydrogen-bond donors (Lipinski definition) is 0. The molecular formula is C11H13NS. The Balaban J connectivity index is 2.50. The molecule has 0 N–H and O–H groups in total. The van der Waals surface area contributed by atoms with E-state index in [0.29, 0.717) is 0 Å². The number of rotatable bonds is 0. The predicted octanol–water partition coefficient (Wildman–Crippen LogP) is 3.48. The van der Waals surface area contributed by atoms with Crippen LogP contribution in [-0.4, -0.2) is 7.05 Å². The topological polar surface area (TPSA) is 3.24 Å². The largest absolute Gasteiger partial charge is 0.338 e. The van der Waals surface area contributed by atoms with Crippen molar-refractivity contribution in [1.29, 1.82) is 0 Å². The number of para-hydroxylation sites is 1. The van der Waals surface area contributed by atoms with E-state index in [2.05, 4.69) is 50.1 Å². The van der Waals surface area contributed by atoms with Gasteiger partial charge >= 0.3 is 0 Å². The van der Waals surface area contributed by atoms with Gasteiger partial charge in [0.1, 0.15) is 0 Å². The zero-order chi connectivity index (χ0) is 9.42. The Morgan fingerprint density at radius 2 is 1.92 bits per heavy atom. The molecule has 13 heavy (non-hydrogen) atoms. The summed E-state index contributed by atoms with van der Waals surface area (Å²) < 4.78 is 0. The van der Waals surface area contributed by atoms with Crippen molar-refractivity contribution in [2.45, 2.75) is 18.7 Å².